The minimum absolute atomic E-state index is 0.00209. The van der Waals surface area contributed by atoms with Crippen molar-refractivity contribution in [2.75, 3.05) is 19.8 Å². The quantitative estimate of drug-likeness (QED) is 0.0588. The number of carbonyl (C=O) groups excluding carboxylic acids is 1. The lowest BCUT2D eigenvalue weighted by molar-refractivity contribution is -0.191. The summed E-state index contributed by atoms with van der Waals surface area (Å²) in [5.41, 5.74) is 5.76. The Balaban J connectivity index is 1.52. The fraction of sp³-hybridized carbons (Fsp3) is 0.667. The molecule has 54 heavy (non-hydrogen) atoms. The zero-order valence-electron chi connectivity index (χ0n) is 35.6. The molecule has 2 unspecified atom stereocenters. The highest BCUT2D eigenvalue weighted by Crippen LogP contribution is 2.51. The highest BCUT2D eigenvalue weighted by atomic mass is 28.4. The SMILES string of the molecule is C=C(C)[C@@H]1CCC(C)=C[C@H]1c1c(O)cc(CCCCC)cc1OC/C=C/NCC1=C(C(=O)OCC(C)C)N2C(O)[C@H]([C@@H](C)O[Si](C)(C)C(C)(C)C)C2[C@H]1C. The van der Waals surface area contributed by atoms with E-state index in [-0.39, 0.29) is 58.5 Å². The number of aromatic hydroxyl groups is 1. The predicted octanol–water partition coefficient (Wildman–Crippen LogP) is 9.76. The summed E-state index contributed by atoms with van der Waals surface area (Å²) in [6, 6.07) is 3.98. The number of nitrogens with one attached hydrogen (secondary N) is 1. The molecule has 0 bridgehead atoms. The van der Waals surface area contributed by atoms with Crippen LogP contribution in [0.1, 0.15) is 118 Å². The fourth-order valence-electron chi connectivity index (χ4n) is 8.29. The van der Waals surface area contributed by atoms with Crippen molar-refractivity contribution in [1.29, 1.82) is 0 Å². The Kier molecular flexibility index (Phi) is 14.8. The molecular formula is C45H72N2O6Si. The molecule has 3 N–H and O–H groups in total. The largest absolute Gasteiger partial charge is 0.507 e. The average molecular weight is 765 g/mol. The molecule has 7 atom stereocenters. The van der Waals surface area contributed by atoms with Gasteiger partial charge in [0, 0.05) is 35.9 Å². The maximum atomic E-state index is 13.6. The van der Waals surface area contributed by atoms with Crippen molar-refractivity contribution in [2.24, 2.45) is 23.7 Å². The van der Waals surface area contributed by atoms with Gasteiger partial charge in [-0.15, -0.1) is 0 Å². The number of allylic oxidation sites excluding steroid dienone is 3. The Hall–Kier alpha value is -3.01. The fourth-order valence-corrected chi connectivity index (χ4v) is 9.73. The van der Waals surface area contributed by atoms with Crippen molar-refractivity contribution in [3.63, 3.8) is 0 Å². The Labute approximate surface area is 328 Å². The third kappa shape index (κ3) is 9.86. The minimum Gasteiger partial charge on any atom is -0.507 e. The molecule has 0 spiro atoms. The smallest absolute Gasteiger partial charge is 0.354 e. The van der Waals surface area contributed by atoms with Crippen molar-refractivity contribution in [3.8, 4) is 11.5 Å². The molecule has 302 valence electrons. The topological polar surface area (TPSA) is 100 Å². The van der Waals surface area contributed by atoms with Gasteiger partial charge in [-0.3, -0.25) is 0 Å². The number of fused-ring (bicyclic) bond motifs is 1. The third-order valence-electron chi connectivity index (χ3n) is 12.4. The molecule has 9 heteroatoms. The van der Waals surface area contributed by atoms with Gasteiger partial charge < -0.3 is 34.3 Å². The first-order valence-electron chi connectivity index (χ1n) is 20.5. The molecule has 0 aromatic heterocycles. The van der Waals surface area contributed by atoms with E-state index in [1.54, 1.807) is 0 Å². The molecule has 0 saturated carbocycles. The van der Waals surface area contributed by atoms with Gasteiger partial charge in [-0.25, -0.2) is 4.79 Å². The monoisotopic (exact) mass is 765 g/mol. The second-order valence-corrected chi connectivity index (χ2v) is 23.0. The number of hydrogen-bond acceptors (Lipinski definition) is 8. The van der Waals surface area contributed by atoms with E-state index in [9.17, 15) is 15.0 Å². The van der Waals surface area contributed by atoms with Crippen LogP contribution in [0.15, 0.2) is 59.5 Å². The summed E-state index contributed by atoms with van der Waals surface area (Å²) in [6.07, 6.45) is 11.4. The highest BCUT2D eigenvalue weighted by molar-refractivity contribution is 6.74. The number of rotatable bonds is 18. The molecule has 4 rings (SSSR count). The van der Waals surface area contributed by atoms with Crippen LogP contribution in [0.3, 0.4) is 0 Å². The maximum Gasteiger partial charge on any atom is 0.354 e. The summed E-state index contributed by atoms with van der Waals surface area (Å²) >= 11 is 0. The van der Waals surface area contributed by atoms with Crippen molar-refractivity contribution >= 4 is 14.3 Å². The van der Waals surface area contributed by atoms with E-state index in [1.807, 2.05) is 37.1 Å². The lowest BCUT2D eigenvalue weighted by atomic mass is 9.73. The second kappa shape index (κ2) is 18.3. The van der Waals surface area contributed by atoms with Crippen LogP contribution < -0.4 is 10.1 Å². The summed E-state index contributed by atoms with van der Waals surface area (Å²) < 4.78 is 19.0. The van der Waals surface area contributed by atoms with Gasteiger partial charge in [-0.1, -0.05) is 85.1 Å². The number of benzene rings is 1. The van der Waals surface area contributed by atoms with E-state index in [0.29, 0.717) is 31.2 Å². The van der Waals surface area contributed by atoms with Gasteiger partial charge in [0.25, 0.3) is 0 Å². The number of carbonyl (C=O) groups is 1. The molecule has 1 saturated heterocycles. The van der Waals surface area contributed by atoms with E-state index in [0.717, 1.165) is 60.8 Å². The van der Waals surface area contributed by atoms with Crippen molar-refractivity contribution in [1.82, 2.24) is 10.2 Å². The van der Waals surface area contributed by atoms with Crippen molar-refractivity contribution in [2.45, 2.75) is 150 Å². The van der Waals surface area contributed by atoms with Crippen LogP contribution in [-0.4, -0.2) is 67.5 Å². The Bertz CT molecular complexity index is 1570. The highest BCUT2D eigenvalue weighted by Gasteiger charge is 2.60. The zero-order chi connectivity index (χ0) is 40.1. The van der Waals surface area contributed by atoms with Crippen LogP contribution in [0.4, 0.5) is 0 Å². The van der Waals surface area contributed by atoms with Gasteiger partial charge in [0.15, 0.2) is 8.32 Å². The van der Waals surface area contributed by atoms with E-state index >= 15 is 0 Å². The predicted molar refractivity (Wildman–Crippen MR) is 223 cm³/mol. The number of ether oxygens (including phenoxy) is 2. The molecular weight excluding hydrogens is 693 g/mol. The molecule has 8 nitrogen and oxygen atoms in total. The maximum absolute atomic E-state index is 13.6. The normalized spacial score (nSPS) is 25.1. The van der Waals surface area contributed by atoms with Gasteiger partial charge in [-0.05, 0) is 112 Å². The van der Waals surface area contributed by atoms with E-state index in [1.165, 1.54) is 5.57 Å². The number of esters is 1. The van der Waals surface area contributed by atoms with Crippen molar-refractivity contribution in [3.05, 3.63) is 70.6 Å². The molecule has 1 aliphatic carbocycles. The summed E-state index contributed by atoms with van der Waals surface area (Å²) in [5.74, 6) is 0.941. The Morgan fingerprint density at radius 2 is 1.89 bits per heavy atom. The van der Waals surface area contributed by atoms with Crippen molar-refractivity contribution < 1.29 is 28.9 Å². The number of aliphatic hydroxyl groups excluding tert-OH is 1. The number of phenolic OH excluding ortho intramolecular Hbond substituents is 1. The standard InChI is InChI=1S/C45H72N2O6Si/c1-14-15-16-18-33-24-37(48)40(35-23-30(6)19-20-34(35)29(4)5)38(25-33)51-22-17-21-46-26-36-31(7)41-39(32(8)53-54(12,13)45(9,10)11)43(49)47(41)42(36)44(50)52-27-28(2)3/h17,21,23-25,28,31-32,34-35,39,41,43,46,48-49H,4,14-16,18-20,22,26-27H2,1-3,5-13H3/b21-17+/t31-,32+,34-,35+,39+,41?,43?/m0/s1. The number of unbranched alkanes of at least 4 members (excludes halogenated alkanes) is 2. The molecule has 1 fully saturated rings. The third-order valence-corrected chi connectivity index (χ3v) is 16.9. The number of aryl methyl sites for hydroxylation is 1. The van der Waals surface area contributed by atoms with Crippen LogP contribution in [-0.2, 0) is 20.4 Å². The van der Waals surface area contributed by atoms with Gasteiger partial charge in [0.05, 0.1) is 12.7 Å². The first-order chi connectivity index (χ1) is 25.3. The Morgan fingerprint density at radius 1 is 1.19 bits per heavy atom. The van der Waals surface area contributed by atoms with Gasteiger partial charge in [0.2, 0.25) is 0 Å². The molecule has 0 amide bonds. The summed E-state index contributed by atoms with van der Waals surface area (Å²) in [4.78, 5) is 15.5. The number of aliphatic hydroxyl groups is 1. The first-order valence-corrected chi connectivity index (χ1v) is 23.5. The molecule has 2 aliphatic heterocycles. The molecule has 3 aliphatic rings. The van der Waals surface area contributed by atoms with E-state index in [4.69, 9.17) is 13.9 Å². The van der Waals surface area contributed by atoms with Crippen LogP contribution in [0.2, 0.25) is 18.1 Å². The molecule has 1 aromatic carbocycles. The molecule has 1 aromatic rings. The second-order valence-electron chi connectivity index (χ2n) is 18.2. The average Bonchev–Trinajstić information content (AvgIpc) is 3.31. The summed E-state index contributed by atoms with van der Waals surface area (Å²) in [5, 5.41) is 26.5. The van der Waals surface area contributed by atoms with Crippen LogP contribution in [0.25, 0.3) is 0 Å². The number of phenols is 1. The Morgan fingerprint density at radius 3 is 2.52 bits per heavy atom. The first kappa shape index (κ1) is 43.7. The van der Waals surface area contributed by atoms with E-state index in [2.05, 4.69) is 92.5 Å². The number of hydrogen-bond donors (Lipinski definition) is 3. The van der Waals surface area contributed by atoms with Crippen LogP contribution in [0, 0.1) is 23.7 Å². The molecule has 2 heterocycles. The van der Waals surface area contributed by atoms with Crippen LogP contribution in [0.5, 0.6) is 11.5 Å². The van der Waals surface area contributed by atoms with E-state index < -0.39 is 14.5 Å². The van der Waals surface area contributed by atoms with Gasteiger partial charge in [-0.2, -0.15) is 0 Å². The van der Waals surface area contributed by atoms with Gasteiger partial charge >= 0.3 is 5.97 Å². The molecule has 0 radical (unpaired) electrons. The summed E-state index contributed by atoms with van der Waals surface area (Å²) in [7, 11) is -2.08. The van der Waals surface area contributed by atoms with Gasteiger partial charge in [0.1, 0.15) is 30.0 Å². The minimum atomic E-state index is -2.08. The number of nitrogens with zero attached hydrogens (tertiary/aromatic N) is 1. The zero-order valence-corrected chi connectivity index (χ0v) is 36.6. The lowest BCUT2D eigenvalue weighted by Crippen LogP contribution is -2.67. The lowest BCUT2D eigenvalue weighted by Gasteiger charge is -2.55. The summed E-state index contributed by atoms with van der Waals surface area (Å²) in [6.45, 7) is 31.2. The van der Waals surface area contributed by atoms with Crippen LogP contribution >= 0.6 is 0 Å².